The zero-order valence-electron chi connectivity index (χ0n) is 17.8. The number of halogens is 3. The molecule has 0 spiro atoms. The molecule has 10 heteroatoms. The molecule has 0 radical (unpaired) electrons. The average Bonchev–Trinajstić information content (AvgIpc) is 2.74. The number of amides is 1. The van der Waals surface area contributed by atoms with E-state index in [0.29, 0.717) is 24.1 Å². The minimum atomic E-state index is -2.65. The first-order valence-corrected chi connectivity index (χ1v) is 10.7. The van der Waals surface area contributed by atoms with E-state index in [0.717, 1.165) is 6.42 Å². The summed E-state index contributed by atoms with van der Waals surface area (Å²) in [5.41, 5.74) is 1.05. The molecule has 0 bridgehead atoms. The minimum Gasteiger partial charge on any atom is -0.365 e. The maximum atomic E-state index is 15.0. The Kier molecular flexibility index (Phi) is 6.20. The Balaban J connectivity index is 1.48. The van der Waals surface area contributed by atoms with Crippen molar-refractivity contribution in [3.8, 4) is 6.07 Å². The highest BCUT2D eigenvalue weighted by Gasteiger charge is 2.35. The molecular formula is C22H25F3N6O. The number of hydrogen-bond donors (Lipinski definition) is 1. The van der Waals surface area contributed by atoms with Gasteiger partial charge in [0, 0.05) is 57.5 Å². The summed E-state index contributed by atoms with van der Waals surface area (Å²) in [6.07, 6.45) is 3.17. The van der Waals surface area contributed by atoms with Gasteiger partial charge in [-0.2, -0.15) is 5.26 Å². The first-order valence-electron chi connectivity index (χ1n) is 10.7. The largest absolute Gasteiger partial charge is 0.365 e. The third-order valence-corrected chi connectivity index (χ3v) is 6.09. The Morgan fingerprint density at radius 1 is 1.25 bits per heavy atom. The number of carbonyl (C=O) groups is 1. The molecule has 1 amide bonds. The van der Waals surface area contributed by atoms with E-state index in [9.17, 15) is 18.8 Å². The number of benzene rings is 1. The lowest BCUT2D eigenvalue weighted by Gasteiger charge is -2.39. The summed E-state index contributed by atoms with van der Waals surface area (Å²) in [4.78, 5) is 24.6. The molecule has 3 heterocycles. The smallest absolute Gasteiger partial charge is 0.250 e. The number of nitrogens with one attached hydrogen (secondary N) is 1. The summed E-state index contributed by atoms with van der Waals surface area (Å²) in [7, 11) is 0. The molecule has 0 aliphatic carbocycles. The van der Waals surface area contributed by atoms with Crippen LogP contribution >= 0.6 is 0 Å². The Bertz CT molecular complexity index is 1050. The topological polar surface area (TPSA) is 85.2 Å². The molecule has 1 aromatic heterocycles. The molecule has 4 rings (SSSR count). The third kappa shape index (κ3) is 4.78. The van der Waals surface area contributed by atoms with Crippen molar-refractivity contribution in [1.82, 2.24) is 20.2 Å². The van der Waals surface area contributed by atoms with Gasteiger partial charge in [-0.1, -0.05) is 6.92 Å². The van der Waals surface area contributed by atoms with Crippen LogP contribution in [0.15, 0.2) is 18.5 Å². The number of nitrogens with zero attached hydrogens (tertiary/aromatic N) is 5. The number of carbonyl (C=O) groups excluding carboxylic acids is 1. The zero-order valence-corrected chi connectivity index (χ0v) is 17.8. The second-order valence-electron chi connectivity index (χ2n) is 8.76. The number of rotatable bonds is 4. The van der Waals surface area contributed by atoms with Crippen molar-refractivity contribution in [2.24, 2.45) is 5.92 Å². The highest BCUT2D eigenvalue weighted by molar-refractivity contribution is 5.92. The first-order chi connectivity index (χ1) is 15.3. The van der Waals surface area contributed by atoms with Crippen molar-refractivity contribution < 1.29 is 18.0 Å². The Hall–Kier alpha value is -2.93. The number of alkyl halides is 2. The van der Waals surface area contributed by atoms with Crippen molar-refractivity contribution >= 4 is 22.6 Å². The van der Waals surface area contributed by atoms with Crippen LogP contribution in [0, 0.1) is 23.1 Å². The van der Waals surface area contributed by atoms with E-state index in [1.54, 1.807) is 4.90 Å². The molecule has 32 heavy (non-hydrogen) atoms. The normalized spacial score (nSPS) is 23.7. The second-order valence-corrected chi connectivity index (χ2v) is 8.76. The van der Waals surface area contributed by atoms with Crippen LogP contribution in [-0.2, 0) is 4.79 Å². The minimum absolute atomic E-state index is 0.0700. The van der Waals surface area contributed by atoms with Gasteiger partial charge >= 0.3 is 0 Å². The molecule has 2 aliphatic rings. The molecular weight excluding hydrogens is 421 g/mol. The Labute approximate surface area is 184 Å². The quantitative estimate of drug-likeness (QED) is 0.778. The molecule has 170 valence electrons. The summed E-state index contributed by atoms with van der Waals surface area (Å²) >= 11 is 0. The number of likely N-dealkylation sites (tertiary alicyclic amines) is 1. The highest BCUT2D eigenvalue weighted by atomic mass is 19.3. The van der Waals surface area contributed by atoms with Crippen LogP contribution in [-0.4, -0.2) is 65.5 Å². The molecule has 7 nitrogen and oxygen atoms in total. The predicted octanol–water partition coefficient (Wildman–Crippen LogP) is 2.70. The summed E-state index contributed by atoms with van der Waals surface area (Å²) in [5, 5.41) is 12.3. The molecule has 1 aromatic carbocycles. The summed E-state index contributed by atoms with van der Waals surface area (Å²) in [5.74, 6) is -3.25. The van der Waals surface area contributed by atoms with Crippen molar-refractivity contribution in [3.05, 3.63) is 29.8 Å². The van der Waals surface area contributed by atoms with Gasteiger partial charge in [0.05, 0.1) is 12.1 Å². The van der Waals surface area contributed by atoms with E-state index in [4.69, 9.17) is 0 Å². The summed E-state index contributed by atoms with van der Waals surface area (Å²) in [6.45, 7) is 3.42. The van der Waals surface area contributed by atoms with Gasteiger partial charge in [-0.25, -0.2) is 13.2 Å². The number of piperidine rings is 2. The van der Waals surface area contributed by atoms with E-state index >= 15 is 4.39 Å². The molecule has 1 N–H and O–H groups in total. The van der Waals surface area contributed by atoms with E-state index in [1.807, 2.05) is 17.9 Å². The fraction of sp³-hybridized carbons (Fsp3) is 0.545. The van der Waals surface area contributed by atoms with Crippen molar-refractivity contribution in [2.75, 3.05) is 37.6 Å². The Morgan fingerprint density at radius 3 is 2.62 bits per heavy atom. The SMILES string of the molecule is C[C@H]1C[C@@H](NC(=O)CN2CCC(F)(F)CC2)CN(c2c(F)cc(C#N)c3nccnc23)C1. The monoisotopic (exact) mass is 446 g/mol. The van der Waals surface area contributed by atoms with E-state index < -0.39 is 11.7 Å². The highest BCUT2D eigenvalue weighted by Crippen LogP contribution is 2.33. The van der Waals surface area contributed by atoms with Crippen molar-refractivity contribution in [2.45, 2.75) is 38.2 Å². The molecule has 2 aromatic rings. The van der Waals surface area contributed by atoms with Crippen LogP contribution in [0.4, 0.5) is 18.9 Å². The lowest BCUT2D eigenvalue weighted by molar-refractivity contribution is -0.125. The summed E-state index contributed by atoms with van der Waals surface area (Å²) in [6, 6.07) is 2.91. The lowest BCUT2D eigenvalue weighted by Crippen LogP contribution is -2.53. The third-order valence-electron chi connectivity index (χ3n) is 6.09. The first kappa shape index (κ1) is 22.3. The number of nitriles is 1. The van der Waals surface area contributed by atoms with Crippen molar-refractivity contribution in [1.29, 1.82) is 5.26 Å². The van der Waals surface area contributed by atoms with Gasteiger partial charge in [0.1, 0.15) is 28.6 Å². The van der Waals surface area contributed by atoms with E-state index in [1.165, 1.54) is 18.5 Å². The van der Waals surface area contributed by atoms with Gasteiger partial charge in [0.15, 0.2) is 0 Å². The van der Waals surface area contributed by atoms with Gasteiger partial charge in [-0.05, 0) is 18.4 Å². The number of anilines is 1. The fourth-order valence-corrected chi connectivity index (χ4v) is 4.62. The molecule has 2 saturated heterocycles. The second kappa shape index (κ2) is 8.90. The molecule has 2 atom stereocenters. The van der Waals surface area contributed by atoms with Gasteiger partial charge in [0.25, 0.3) is 5.92 Å². The molecule has 0 unspecified atom stereocenters. The van der Waals surface area contributed by atoms with Crippen LogP contribution in [0.1, 0.15) is 31.7 Å². The maximum absolute atomic E-state index is 15.0. The van der Waals surface area contributed by atoms with Gasteiger partial charge in [-0.3, -0.25) is 19.7 Å². The fourth-order valence-electron chi connectivity index (χ4n) is 4.62. The van der Waals surface area contributed by atoms with Gasteiger partial charge in [0.2, 0.25) is 5.91 Å². The van der Waals surface area contributed by atoms with Crippen LogP contribution in [0.5, 0.6) is 0 Å². The number of aromatic nitrogens is 2. The number of hydrogen-bond acceptors (Lipinski definition) is 6. The van der Waals surface area contributed by atoms with Gasteiger partial charge < -0.3 is 10.2 Å². The van der Waals surface area contributed by atoms with Crippen LogP contribution in [0.2, 0.25) is 0 Å². The molecule has 2 aliphatic heterocycles. The van der Waals surface area contributed by atoms with Crippen LogP contribution in [0.3, 0.4) is 0 Å². The Morgan fingerprint density at radius 2 is 1.94 bits per heavy atom. The zero-order chi connectivity index (χ0) is 22.9. The van der Waals surface area contributed by atoms with Crippen LogP contribution in [0.25, 0.3) is 11.0 Å². The lowest BCUT2D eigenvalue weighted by atomic mass is 9.94. The standard InChI is InChI=1S/C22H25F3N6O/c1-14-8-16(29-18(32)13-30-6-2-22(24,25)3-7-30)12-31(11-14)21-17(23)9-15(10-26)19-20(21)28-5-4-27-19/h4-5,9,14,16H,2-3,6-8,11-13H2,1H3,(H,29,32)/t14-,16+/m0/s1. The average molecular weight is 446 g/mol. The molecule has 2 fully saturated rings. The maximum Gasteiger partial charge on any atom is 0.250 e. The van der Waals surface area contributed by atoms with E-state index in [2.05, 4.69) is 15.3 Å². The molecule has 0 saturated carbocycles. The number of fused-ring (bicyclic) bond motifs is 1. The van der Waals surface area contributed by atoms with Crippen molar-refractivity contribution in [3.63, 3.8) is 0 Å². The van der Waals surface area contributed by atoms with Crippen LogP contribution < -0.4 is 10.2 Å². The van der Waals surface area contributed by atoms with E-state index in [-0.39, 0.29) is 61.6 Å². The summed E-state index contributed by atoms with van der Waals surface area (Å²) < 4.78 is 41.7. The van der Waals surface area contributed by atoms with Gasteiger partial charge in [-0.15, -0.1) is 0 Å². The predicted molar refractivity (Wildman–Crippen MR) is 113 cm³/mol.